The maximum absolute atomic E-state index is 13.1. The number of carbonyl (C=O) groups excluding carboxylic acids is 2. The van der Waals surface area contributed by atoms with Gasteiger partial charge in [0.2, 0.25) is 0 Å². The Morgan fingerprint density at radius 2 is 1.75 bits per heavy atom. The molecule has 0 saturated carbocycles. The maximum atomic E-state index is 13.1. The van der Waals surface area contributed by atoms with Crippen molar-refractivity contribution in [1.29, 1.82) is 0 Å². The van der Waals surface area contributed by atoms with Crippen LogP contribution in [-0.4, -0.2) is 21.1 Å². The lowest BCUT2D eigenvalue weighted by atomic mass is 10.1. The predicted octanol–water partition coefficient (Wildman–Crippen LogP) is 5.13. The van der Waals surface area contributed by atoms with E-state index in [2.05, 4.69) is 10.3 Å². The number of Topliss-reactive ketones (excluding diaryl/α,β-unsaturated/α-hetero) is 1. The van der Waals surface area contributed by atoms with Crippen molar-refractivity contribution in [3.63, 3.8) is 0 Å². The molecule has 138 valence electrons. The largest absolute Gasteiger partial charge is 0.316 e. The van der Waals surface area contributed by atoms with Crippen LogP contribution < -0.4 is 5.32 Å². The molecule has 28 heavy (non-hydrogen) atoms. The molecular formula is C21H13Cl2N3O2. The van der Waals surface area contributed by atoms with E-state index in [4.69, 9.17) is 23.2 Å². The number of fused-ring (bicyclic) bond motifs is 1. The van der Waals surface area contributed by atoms with Crippen LogP contribution in [0.25, 0.3) is 16.6 Å². The Bertz CT molecular complexity index is 1180. The number of ketones is 1. The van der Waals surface area contributed by atoms with Gasteiger partial charge in [0.05, 0.1) is 15.7 Å². The van der Waals surface area contributed by atoms with Crippen molar-refractivity contribution in [3.05, 3.63) is 88.9 Å². The van der Waals surface area contributed by atoms with Crippen LogP contribution in [0.4, 0.5) is 5.69 Å². The standard InChI is InChI=1S/C21H13Cl2N3O2/c22-16-7-3-8-17(23)18(16)25-21(28)20(27)19-15(13-5-4-9-24-12-13)11-14-6-1-2-10-26(14)19/h1-12H,(H,25,28). The fourth-order valence-electron chi connectivity index (χ4n) is 2.99. The van der Waals surface area contributed by atoms with Crippen LogP contribution in [-0.2, 0) is 4.79 Å². The molecule has 0 saturated heterocycles. The molecule has 3 heterocycles. The predicted molar refractivity (Wildman–Crippen MR) is 110 cm³/mol. The third kappa shape index (κ3) is 3.26. The maximum Gasteiger partial charge on any atom is 0.298 e. The molecule has 0 spiro atoms. The SMILES string of the molecule is O=C(Nc1c(Cl)cccc1Cl)C(=O)c1c(-c2cccnc2)cc2ccccn12. The number of rotatable bonds is 4. The molecule has 0 fully saturated rings. The number of amides is 1. The van der Waals surface area contributed by atoms with E-state index in [0.717, 1.165) is 11.1 Å². The highest BCUT2D eigenvalue weighted by atomic mass is 35.5. The highest BCUT2D eigenvalue weighted by Gasteiger charge is 2.25. The van der Waals surface area contributed by atoms with Crippen molar-refractivity contribution in [2.75, 3.05) is 5.32 Å². The molecular weight excluding hydrogens is 397 g/mol. The van der Waals surface area contributed by atoms with Crippen LogP contribution in [0, 0.1) is 0 Å². The quantitative estimate of drug-likeness (QED) is 0.375. The van der Waals surface area contributed by atoms with E-state index in [1.165, 1.54) is 0 Å². The van der Waals surface area contributed by atoms with Gasteiger partial charge in [0.15, 0.2) is 0 Å². The topological polar surface area (TPSA) is 63.5 Å². The fraction of sp³-hybridized carbons (Fsp3) is 0. The average Bonchev–Trinajstić information content (AvgIpc) is 3.10. The second kappa shape index (κ2) is 7.46. The molecule has 7 heteroatoms. The molecule has 1 N–H and O–H groups in total. The Labute approximate surface area is 170 Å². The minimum absolute atomic E-state index is 0.202. The number of hydrogen-bond acceptors (Lipinski definition) is 3. The molecule has 0 aliphatic rings. The number of pyridine rings is 2. The van der Waals surface area contributed by atoms with Crippen molar-refractivity contribution >= 4 is 46.1 Å². The van der Waals surface area contributed by atoms with E-state index < -0.39 is 11.7 Å². The summed E-state index contributed by atoms with van der Waals surface area (Å²) in [5.41, 5.74) is 2.58. The number of anilines is 1. The zero-order valence-electron chi connectivity index (χ0n) is 14.4. The van der Waals surface area contributed by atoms with E-state index >= 15 is 0 Å². The molecule has 0 atom stereocenters. The Morgan fingerprint density at radius 1 is 0.964 bits per heavy atom. The third-order valence-corrected chi connectivity index (χ3v) is 4.90. The Morgan fingerprint density at radius 3 is 2.46 bits per heavy atom. The average molecular weight is 410 g/mol. The Balaban J connectivity index is 1.80. The zero-order valence-corrected chi connectivity index (χ0v) is 15.9. The summed E-state index contributed by atoms with van der Waals surface area (Å²) in [6.07, 6.45) is 5.03. The summed E-state index contributed by atoms with van der Waals surface area (Å²) in [4.78, 5) is 29.9. The lowest BCUT2D eigenvalue weighted by Crippen LogP contribution is -2.25. The van der Waals surface area contributed by atoms with Gasteiger partial charge < -0.3 is 9.72 Å². The fourth-order valence-corrected chi connectivity index (χ4v) is 3.48. The van der Waals surface area contributed by atoms with Crippen LogP contribution in [0.15, 0.2) is 73.2 Å². The summed E-state index contributed by atoms with van der Waals surface area (Å²) in [6, 6.07) is 15.8. The third-order valence-electron chi connectivity index (χ3n) is 4.27. The minimum atomic E-state index is -0.830. The van der Waals surface area contributed by atoms with Gasteiger partial charge >= 0.3 is 0 Å². The number of aromatic nitrogens is 2. The summed E-state index contributed by atoms with van der Waals surface area (Å²) < 4.78 is 1.68. The van der Waals surface area contributed by atoms with Crippen LogP contribution in [0.1, 0.15) is 10.5 Å². The number of para-hydroxylation sites is 1. The lowest BCUT2D eigenvalue weighted by molar-refractivity contribution is -0.112. The highest BCUT2D eigenvalue weighted by Crippen LogP contribution is 2.31. The minimum Gasteiger partial charge on any atom is -0.316 e. The smallest absolute Gasteiger partial charge is 0.298 e. The van der Waals surface area contributed by atoms with E-state index in [9.17, 15) is 9.59 Å². The first-order valence-corrected chi connectivity index (χ1v) is 9.12. The Kier molecular flexibility index (Phi) is 4.86. The van der Waals surface area contributed by atoms with Crippen molar-refractivity contribution in [3.8, 4) is 11.1 Å². The van der Waals surface area contributed by atoms with Crippen LogP contribution >= 0.6 is 23.2 Å². The second-order valence-electron chi connectivity index (χ2n) is 6.02. The number of benzene rings is 1. The normalized spacial score (nSPS) is 10.8. The summed E-state index contributed by atoms with van der Waals surface area (Å²) in [5.74, 6) is -1.54. The first kappa shape index (κ1) is 18.2. The second-order valence-corrected chi connectivity index (χ2v) is 6.84. The van der Waals surface area contributed by atoms with Gasteiger partial charge in [0, 0.05) is 35.2 Å². The van der Waals surface area contributed by atoms with Gasteiger partial charge in [-0.2, -0.15) is 0 Å². The summed E-state index contributed by atoms with van der Waals surface area (Å²) >= 11 is 12.2. The van der Waals surface area contributed by atoms with Crippen LogP contribution in [0.3, 0.4) is 0 Å². The van der Waals surface area contributed by atoms with Crippen molar-refractivity contribution in [2.45, 2.75) is 0 Å². The molecule has 0 radical (unpaired) electrons. The molecule has 4 aromatic rings. The first-order valence-electron chi connectivity index (χ1n) is 8.36. The van der Waals surface area contributed by atoms with Crippen LogP contribution in [0.5, 0.6) is 0 Å². The highest BCUT2D eigenvalue weighted by molar-refractivity contribution is 6.49. The molecule has 0 aliphatic heterocycles. The number of hydrogen-bond donors (Lipinski definition) is 1. The van der Waals surface area contributed by atoms with Crippen LogP contribution in [0.2, 0.25) is 10.0 Å². The number of nitrogens with zero attached hydrogens (tertiary/aromatic N) is 2. The van der Waals surface area contributed by atoms with Gasteiger partial charge in [-0.15, -0.1) is 0 Å². The lowest BCUT2D eigenvalue weighted by Gasteiger charge is -2.10. The summed E-state index contributed by atoms with van der Waals surface area (Å²) in [6.45, 7) is 0. The van der Waals surface area contributed by atoms with Gasteiger partial charge in [-0.25, -0.2) is 0 Å². The molecule has 1 amide bonds. The Hall–Kier alpha value is -3.15. The zero-order chi connectivity index (χ0) is 19.7. The van der Waals surface area contributed by atoms with Gasteiger partial charge in [-0.05, 0) is 36.4 Å². The first-order chi connectivity index (χ1) is 13.6. The molecule has 4 rings (SSSR count). The van der Waals surface area contributed by atoms with E-state index in [0.29, 0.717) is 5.56 Å². The number of nitrogens with one attached hydrogen (secondary N) is 1. The van der Waals surface area contributed by atoms with Crippen molar-refractivity contribution < 1.29 is 9.59 Å². The van der Waals surface area contributed by atoms with Gasteiger partial charge in [0.1, 0.15) is 5.69 Å². The molecule has 0 bridgehead atoms. The number of halogens is 2. The van der Waals surface area contributed by atoms with Crippen molar-refractivity contribution in [2.24, 2.45) is 0 Å². The molecule has 5 nitrogen and oxygen atoms in total. The van der Waals surface area contributed by atoms with E-state index in [-0.39, 0.29) is 21.4 Å². The summed E-state index contributed by atoms with van der Waals surface area (Å²) in [7, 11) is 0. The van der Waals surface area contributed by atoms with E-state index in [1.807, 2.05) is 24.3 Å². The monoisotopic (exact) mass is 409 g/mol. The van der Waals surface area contributed by atoms with E-state index in [1.54, 1.807) is 53.3 Å². The summed E-state index contributed by atoms with van der Waals surface area (Å²) in [5, 5.41) is 3.03. The number of carbonyl (C=O) groups is 2. The van der Waals surface area contributed by atoms with Gasteiger partial charge in [-0.1, -0.05) is 41.4 Å². The molecule has 1 aromatic carbocycles. The van der Waals surface area contributed by atoms with Gasteiger partial charge in [-0.3, -0.25) is 14.6 Å². The molecule has 0 unspecified atom stereocenters. The van der Waals surface area contributed by atoms with Crippen molar-refractivity contribution in [1.82, 2.24) is 9.38 Å². The van der Waals surface area contributed by atoms with Gasteiger partial charge in [0.25, 0.3) is 11.7 Å². The molecule has 3 aromatic heterocycles. The molecule has 0 aliphatic carbocycles.